The smallest absolute Gasteiger partial charge is 0.325 e. The third-order valence-electron chi connectivity index (χ3n) is 3.16. The fourth-order valence-corrected chi connectivity index (χ4v) is 2.19. The Labute approximate surface area is 123 Å². The highest BCUT2D eigenvalue weighted by Gasteiger charge is 2.32. The first kappa shape index (κ1) is 15.2. The number of benzene rings is 1. The van der Waals surface area contributed by atoms with Crippen LogP contribution in [-0.4, -0.2) is 35.2 Å². The molecule has 0 fully saturated rings. The first-order valence-electron chi connectivity index (χ1n) is 6.74. The summed E-state index contributed by atoms with van der Waals surface area (Å²) in [7, 11) is 0. The lowest BCUT2D eigenvalue weighted by atomic mass is 10.0. The number of fused-ring (bicyclic) bond motifs is 1. The average molecular weight is 293 g/mol. The fourth-order valence-electron chi connectivity index (χ4n) is 2.19. The maximum atomic E-state index is 11.6. The second kappa shape index (κ2) is 5.63. The quantitative estimate of drug-likeness (QED) is 0.856. The molecule has 6 heteroatoms. The summed E-state index contributed by atoms with van der Waals surface area (Å²) in [4.78, 5) is 22.3. The van der Waals surface area contributed by atoms with Crippen molar-refractivity contribution in [2.24, 2.45) is 0 Å². The Hall–Kier alpha value is -2.24. The maximum Gasteiger partial charge on any atom is 0.325 e. The number of amides is 1. The molecule has 114 valence electrons. The Morgan fingerprint density at radius 2 is 2.19 bits per heavy atom. The highest BCUT2D eigenvalue weighted by molar-refractivity contribution is 5.84. The van der Waals surface area contributed by atoms with Crippen molar-refractivity contribution in [3.8, 4) is 11.5 Å². The van der Waals surface area contributed by atoms with E-state index in [0.29, 0.717) is 11.5 Å². The molecule has 1 aromatic rings. The van der Waals surface area contributed by atoms with E-state index in [2.05, 4.69) is 5.32 Å². The Morgan fingerprint density at radius 1 is 1.48 bits per heavy atom. The van der Waals surface area contributed by atoms with E-state index in [9.17, 15) is 9.59 Å². The second-order valence-corrected chi connectivity index (χ2v) is 5.70. The van der Waals surface area contributed by atoms with Gasteiger partial charge in [-0.25, -0.2) is 0 Å². The Balaban J connectivity index is 1.98. The van der Waals surface area contributed by atoms with E-state index in [1.54, 1.807) is 6.07 Å². The number of carbonyl (C=O) groups is 2. The number of ether oxygens (including phenoxy) is 2. The summed E-state index contributed by atoms with van der Waals surface area (Å²) in [6, 6.07) is 4.59. The molecular weight excluding hydrogens is 274 g/mol. The van der Waals surface area contributed by atoms with E-state index < -0.39 is 17.9 Å². The molecule has 1 unspecified atom stereocenters. The van der Waals surface area contributed by atoms with E-state index in [0.717, 1.165) is 12.0 Å². The van der Waals surface area contributed by atoms with Gasteiger partial charge in [0.05, 0.1) is 0 Å². The van der Waals surface area contributed by atoms with Crippen molar-refractivity contribution in [2.45, 2.75) is 38.8 Å². The topological polar surface area (TPSA) is 84.9 Å². The molecule has 0 saturated heterocycles. The molecule has 0 saturated carbocycles. The third-order valence-corrected chi connectivity index (χ3v) is 3.16. The molecule has 1 heterocycles. The lowest BCUT2D eigenvalue weighted by Crippen LogP contribution is -2.40. The molecule has 1 amide bonds. The summed E-state index contributed by atoms with van der Waals surface area (Å²) in [6.45, 7) is 5.11. The minimum absolute atomic E-state index is 0.252. The van der Waals surface area contributed by atoms with Crippen LogP contribution >= 0.6 is 0 Å². The zero-order valence-corrected chi connectivity index (χ0v) is 12.3. The summed E-state index contributed by atoms with van der Waals surface area (Å²) in [5.74, 6) is -0.424. The number of hydrogen-bond acceptors (Lipinski definition) is 4. The van der Waals surface area contributed by atoms with Gasteiger partial charge in [-0.2, -0.15) is 0 Å². The summed E-state index contributed by atoms with van der Waals surface area (Å²) >= 11 is 0. The molecule has 0 aromatic heterocycles. The van der Waals surface area contributed by atoms with Crippen molar-refractivity contribution in [1.82, 2.24) is 5.32 Å². The van der Waals surface area contributed by atoms with Crippen LogP contribution in [0.2, 0.25) is 0 Å². The van der Waals surface area contributed by atoms with E-state index in [4.69, 9.17) is 14.6 Å². The number of nitrogens with one attached hydrogen (secondary N) is 1. The van der Waals surface area contributed by atoms with Crippen molar-refractivity contribution in [3.63, 3.8) is 0 Å². The molecule has 6 nitrogen and oxygen atoms in total. The first-order chi connectivity index (χ1) is 9.78. The minimum atomic E-state index is -1.09. The fraction of sp³-hybridized carbons (Fsp3) is 0.467. The molecule has 0 aliphatic carbocycles. The van der Waals surface area contributed by atoms with Crippen LogP contribution in [0.15, 0.2) is 18.2 Å². The van der Waals surface area contributed by atoms with Crippen LogP contribution in [0.4, 0.5) is 0 Å². The van der Waals surface area contributed by atoms with Gasteiger partial charge in [0, 0.05) is 12.0 Å². The number of carboxylic acids is 1. The van der Waals surface area contributed by atoms with Gasteiger partial charge in [-0.05, 0) is 26.8 Å². The molecule has 1 aromatic carbocycles. The zero-order valence-electron chi connectivity index (χ0n) is 12.3. The van der Waals surface area contributed by atoms with Crippen LogP contribution in [0.5, 0.6) is 11.5 Å². The minimum Gasteiger partial charge on any atom is -0.483 e. The number of hydrogen-bond donors (Lipinski definition) is 2. The van der Waals surface area contributed by atoms with Crippen LogP contribution in [0.3, 0.4) is 0 Å². The largest absolute Gasteiger partial charge is 0.483 e. The summed E-state index contributed by atoms with van der Waals surface area (Å²) in [5.41, 5.74) is 0.749. The SMILES string of the molecule is CC(NC(=O)COc1cccc2c1OC(C)(C)C2)C(=O)O. The van der Waals surface area contributed by atoms with Gasteiger partial charge in [0.1, 0.15) is 11.6 Å². The van der Waals surface area contributed by atoms with Gasteiger partial charge in [0.25, 0.3) is 5.91 Å². The highest BCUT2D eigenvalue weighted by Crippen LogP contribution is 2.41. The Bertz CT molecular complexity index is 567. The van der Waals surface area contributed by atoms with Gasteiger partial charge < -0.3 is 19.9 Å². The molecule has 0 spiro atoms. The predicted molar refractivity (Wildman–Crippen MR) is 75.6 cm³/mol. The number of carboxylic acid groups (broad SMARTS) is 1. The van der Waals surface area contributed by atoms with Crippen LogP contribution in [-0.2, 0) is 16.0 Å². The Kier molecular flexibility index (Phi) is 4.06. The monoisotopic (exact) mass is 293 g/mol. The van der Waals surface area contributed by atoms with Gasteiger partial charge in [0.2, 0.25) is 0 Å². The lowest BCUT2D eigenvalue weighted by Gasteiger charge is -2.18. The summed E-state index contributed by atoms with van der Waals surface area (Å²) in [5, 5.41) is 11.1. The maximum absolute atomic E-state index is 11.6. The molecule has 0 bridgehead atoms. The number of carbonyl (C=O) groups excluding carboxylic acids is 1. The molecule has 0 radical (unpaired) electrons. The molecule has 1 aliphatic heterocycles. The van der Waals surface area contributed by atoms with Gasteiger partial charge in [0.15, 0.2) is 18.1 Å². The van der Waals surface area contributed by atoms with Crippen molar-refractivity contribution in [2.75, 3.05) is 6.61 Å². The Morgan fingerprint density at radius 3 is 2.86 bits per heavy atom. The predicted octanol–water partition coefficient (Wildman–Crippen LogP) is 1.37. The van der Waals surface area contributed by atoms with E-state index in [1.807, 2.05) is 26.0 Å². The van der Waals surface area contributed by atoms with E-state index in [-0.39, 0.29) is 12.2 Å². The van der Waals surface area contributed by atoms with Crippen LogP contribution < -0.4 is 14.8 Å². The van der Waals surface area contributed by atoms with E-state index in [1.165, 1.54) is 6.92 Å². The van der Waals surface area contributed by atoms with Crippen molar-refractivity contribution in [3.05, 3.63) is 23.8 Å². The average Bonchev–Trinajstić information content (AvgIpc) is 2.70. The van der Waals surface area contributed by atoms with Gasteiger partial charge in [-0.1, -0.05) is 12.1 Å². The lowest BCUT2D eigenvalue weighted by molar-refractivity contribution is -0.141. The third kappa shape index (κ3) is 3.65. The van der Waals surface area contributed by atoms with Gasteiger partial charge >= 0.3 is 5.97 Å². The van der Waals surface area contributed by atoms with Crippen molar-refractivity contribution >= 4 is 11.9 Å². The van der Waals surface area contributed by atoms with Crippen molar-refractivity contribution < 1.29 is 24.2 Å². The first-order valence-corrected chi connectivity index (χ1v) is 6.74. The van der Waals surface area contributed by atoms with Crippen LogP contribution in [0.1, 0.15) is 26.3 Å². The molecule has 2 rings (SSSR count). The molecule has 1 aliphatic rings. The van der Waals surface area contributed by atoms with E-state index >= 15 is 0 Å². The second-order valence-electron chi connectivity index (χ2n) is 5.70. The normalized spacial score (nSPS) is 16.5. The highest BCUT2D eigenvalue weighted by atomic mass is 16.5. The number of aliphatic carboxylic acids is 1. The van der Waals surface area contributed by atoms with Gasteiger partial charge in [-0.15, -0.1) is 0 Å². The zero-order chi connectivity index (χ0) is 15.6. The molecule has 2 N–H and O–H groups in total. The standard InChI is InChI=1S/C15H19NO5/c1-9(14(18)19)16-12(17)8-20-11-6-4-5-10-7-15(2,3)21-13(10)11/h4-6,9H,7-8H2,1-3H3,(H,16,17)(H,18,19). The number of rotatable bonds is 5. The summed E-state index contributed by atoms with van der Waals surface area (Å²) < 4.78 is 11.3. The molecule has 21 heavy (non-hydrogen) atoms. The molecule has 1 atom stereocenters. The number of para-hydroxylation sites is 1. The van der Waals surface area contributed by atoms with Gasteiger partial charge in [-0.3, -0.25) is 9.59 Å². The van der Waals surface area contributed by atoms with Crippen LogP contribution in [0, 0.1) is 0 Å². The van der Waals surface area contributed by atoms with Crippen molar-refractivity contribution in [1.29, 1.82) is 0 Å². The summed E-state index contributed by atoms with van der Waals surface area (Å²) in [6.07, 6.45) is 0.780. The molecular formula is C15H19NO5. The van der Waals surface area contributed by atoms with Crippen LogP contribution in [0.25, 0.3) is 0 Å².